The molecule has 0 spiro atoms. The summed E-state index contributed by atoms with van der Waals surface area (Å²) in [6.07, 6.45) is 1.64. The van der Waals surface area contributed by atoms with Crippen LogP contribution in [-0.2, 0) is 18.4 Å². The Kier molecular flexibility index (Phi) is 5.59. The number of rotatable bonds is 4. The number of fused-ring (bicyclic) bond motifs is 1. The summed E-state index contributed by atoms with van der Waals surface area (Å²) in [4.78, 5) is 32.5. The summed E-state index contributed by atoms with van der Waals surface area (Å²) in [6.45, 7) is 4.71. The van der Waals surface area contributed by atoms with Crippen molar-refractivity contribution in [2.24, 2.45) is 7.05 Å². The average molecular weight is 497 g/mol. The normalized spacial score (nSPS) is 16.6. The van der Waals surface area contributed by atoms with Crippen LogP contribution in [0.1, 0.15) is 19.7 Å². The molecule has 4 heterocycles. The number of hydrogen-bond donors (Lipinski definition) is 0. The highest BCUT2D eigenvalue weighted by Crippen LogP contribution is 2.31. The van der Waals surface area contributed by atoms with E-state index in [1.165, 1.54) is 23.1 Å². The maximum absolute atomic E-state index is 13.1. The minimum atomic E-state index is -0.175. The van der Waals surface area contributed by atoms with Gasteiger partial charge in [-0.2, -0.15) is 4.98 Å². The van der Waals surface area contributed by atoms with E-state index in [1.807, 2.05) is 61.9 Å². The molecule has 5 rings (SSSR count). The monoisotopic (exact) mass is 496 g/mol. The molecule has 33 heavy (non-hydrogen) atoms. The van der Waals surface area contributed by atoms with E-state index >= 15 is 0 Å². The Labute approximate surface area is 202 Å². The number of thiazole rings is 1. The van der Waals surface area contributed by atoms with Gasteiger partial charge in [-0.15, -0.1) is 11.3 Å². The van der Waals surface area contributed by atoms with Crippen molar-refractivity contribution in [3.05, 3.63) is 61.8 Å². The molecule has 0 N–H and O–H groups in total. The third-order valence-electron chi connectivity index (χ3n) is 5.51. The number of aryl methyl sites for hydroxylation is 1. The van der Waals surface area contributed by atoms with Gasteiger partial charge in [-0.1, -0.05) is 54.3 Å². The summed E-state index contributed by atoms with van der Waals surface area (Å²) >= 11 is 7.84. The van der Waals surface area contributed by atoms with Crippen LogP contribution in [0.3, 0.4) is 0 Å². The molecule has 10 heteroatoms. The van der Waals surface area contributed by atoms with Crippen LogP contribution in [0.2, 0.25) is 0 Å². The molecule has 4 aromatic rings. The molecule has 7 nitrogen and oxygen atoms in total. The molecule has 0 bridgehead atoms. The Hall–Kier alpha value is -2.95. The van der Waals surface area contributed by atoms with Crippen LogP contribution < -0.4 is 14.8 Å². The van der Waals surface area contributed by atoms with Gasteiger partial charge in [0, 0.05) is 32.3 Å². The number of thiocarbonyl (C=S) groups is 1. The van der Waals surface area contributed by atoms with Crippen LogP contribution in [0, 0.1) is 0 Å². The molecule has 1 aromatic carbocycles. The fraction of sp³-hybridized carbons (Fsp3) is 0.217. The molecule has 1 fully saturated rings. The van der Waals surface area contributed by atoms with Crippen molar-refractivity contribution >= 4 is 67.8 Å². The number of amides is 1. The first kappa shape index (κ1) is 21.9. The lowest BCUT2D eigenvalue weighted by atomic mass is 10.1. The van der Waals surface area contributed by atoms with Crippen molar-refractivity contribution in [2.45, 2.75) is 20.4 Å². The summed E-state index contributed by atoms with van der Waals surface area (Å²) in [5.74, 6) is 0.197. The Balaban J connectivity index is 1.62. The van der Waals surface area contributed by atoms with E-state index in [9.17, 15) is 9.59 Å². The summed E-state index contributed by atoms with van der Waals surface area (Å²) in [6, 6.07) is 12.0. The lowest BCUT2D eigenvalue weighted by molar-refractivity contribution is -0.120. The molecule has 168 valence electrons. The van der Waals surface area contributed by atoms with Gasteiger partial charge in [0.1, 0.15) is 13.9 Å². The number of oxazole rings is 1. The van der Waals surface area contributed by atoms with E-state index in [4.69, 9.17) is 16.6 Å². The Morgan fingerprint density at radius 3 is 2.55 bits per heavy atom. The van der Waals surface area contributed by atoms with Crippen LogP contribution in [-0.4, -0.2) is 35.8 Å². The number of carbonyl (C=O) groups excluding carboxylic acids is 1. The number of hydrogen-bond acceptors (Lipinski definition) is 7. The highest BCUT2D eigenvalue weighted by Gasteiger charge is 2.32. The smallest absolute Gasteiger partial charge is 0.269 e. The summed E-state index contributed by atoms with van der Waals surface area (Å²) in [5.41, 5.74) is 3.25. The molecule has 0 radical (unpaired) electrons. The van der Waals surface area contributed by atoms with Gasteiger partial charge in [0.25, 0.3) is 11.5 Å². The van der Waals surface area contributed by atoms with Crippen LogP contribution in [0.15, 0.2) is 45.6 Å². The third kappa shape index (κ3) is 3.58. The number of nitrogens with zero attached hydrogens (tertiary/aromatic N) is 4. The summed E-state index contributed by atoms with van der Waals surface area (Å²) in [7, 11) is 1.94. The van der Waals surface area contributed by atoms with E-state index in [-0.39, 0.29) is 11.5 Å². The predicted octanol–water partition coefficient (Wildman–Crippen LogP) is 2.89. The topological polar surface area (TPSA) is 73.3 Å². The van der Waals surface area contributed by atoms with E-state index in [0.29, 0.717) is 48.6 Å². The number of carbonyl (C=O) groups is 1. The Bertz CT molecular complexity index is 1590. The second-order valence-corrected chi connectivity index (χ2v) is 10.1. The standard InChI is InChI=1S/C23H20N4O3S3/c1-4-26-20(28)16(32-22(26)18-21(29)27(5-2)23(31)33-18)12-17-24-19-15(30-17)11-14(25(19)3)13-9-7-6-8-10-13/h6-12H,4-5H2,1-3H3/b16-12+,22-18+. The van der Waals surface area contributed by atoms with Crippen LogP contribution >= 0.6 is 35.3 Å². The average Bonchev–Trinajstić information content (AvgIpc) is 3.52. The number of aromatic nitrogens is 3. The molecule has 3 aromatic heterocycles. The largest absolute Gasteiger partial charge is 0.435 e. The molecule has 1 aliphatic rings. The van der Waals surface area contributed by atoms with E-state index in [0.717, 1.165) is 11.3 Å². The van der Waals surface area contributed by atoms with Gasteiger partial charge in [0.15, 0.2) is 11.2 Å². The van der Waals surface area contributed by atoms with Gasteiger partial charge in [0.05, 0.1) is 10.2 Å². The maximum Gasteiger partial charge on any atom is 0.269 e. The highest BCUT2D eigenvalue weighted by molar-refractivity contribution is 8.30. The molecule has 0 saturated carbocycles. The fourth-order valence-electron chi connectivity index (χ4n) is 3.84. The van der Waals surface area contributed by atoms with Gasteiger partial charge < -0.3 is 8.98 Å². The quantitative estimate of drug-likeness (QED) is 0.405. The minimum Gasteiger partial charge on any atom is -0.435 e. The summed E-state index contributed by atoms with van der Waals surface area (Å²) in [5, 5.41) is 0. The first-order chi connectivity index (χ1) is 15.9. The van der Waals surface area contributed by atoms with Crippen molar-refractivity contribution in [3.8, 4) is 11.3 Å². The molecule has 0 aliphatic carbocycles. The zero-order chi connectivity index (χ0) is 23.3. The van der Waals surface area contributed by atoms with E-state index in [2.05, 4.69) is 4.98 Å². The Morgan fingerprint density at radius 2 is 1.91 bits per heavy atom. The van der Waals surface area contributed by atoms with Gasteiger partial charge >= 0.3 is 0 Å². The highest BCUT2D eigenvalue weighted by atomic mass is 32.2. The minimum absolute atomic E-state index is 0.155. The number of benzene rings is 1. The van der Waals surface area contributed by atoms with Crippen LogP contribution in [0.25, 0.3) is 33.5 Å². The molecule has 1 saturated heterocycles. The fourth-order valence-corrected chi connectivity index (χ4v) is 6.52. The van der Waals surface area contributed by atoms with Crippen molar-refractivity contribution in [2.75, 3.05) is 6.54 Å². The molecular formula is C23H20N4O3S3. The molecule has 0 atom stereocenters. The van der Waals surface area contributed by atoms with Crippen molar-refractivity contribution in [1.29, 1.82) is 0 Å². The maximum atomic E-state index is 13.1. The second-order valence-electron chi connectivity index (χ2n) is 7.41. The van der Waals surface area contributed by atoms with Crippen molar-refractivity contribution < 1.29 is 9.21 Å². The molecular weight excluding hydrogens is 476 g/mol. The zero-order valence-corrected chi connectivity index (χ0v) is 20.6. The van der Waals surface area contributed by atoms with E-state index in [1.54, 1.807) is 15.5 Å². The zero-order valence-electron chi connectivity index (χ0n) is 18.2. The van der Waals surface area contributed by atoms with Crippen molar-refractivity contribution in [3.63, 3.8) is 0 Å². The molecule has 0 unspecified atom stereocenters. The third-order valence-corrected chi connectivity index (χ3v) is 8.20. The first-order valence-electron chi connectivity index (χ1n) is 10.4. The second kappa shape index (κ2) is 8.44. The lowest BCUT2D eigenvalue weighted by Gasteiger charge is -2.09. The molecule has 1 aliphatic heterocycles. The van der Waals surface area contributed by atoms with Gasteiger partial charge in [-0.25, -0.2) is 0 Å². The van der Waals surface area contributed by atoms with E-state index < -0.39 is 0 Å². The lowest BCUT2D eigenvalue weighted by Crippen LogP contribution is -2.33. The van der Waals surface area contributed by atoms with Gasteiger partial charge in [-0.3, -0.25) is 19.1 Å². The van der Waals surface area contributed by atoms with Crippen LogP contribution in [0.4, 0.5) is 0 Å². The summed E-state index contributed by atoms with van der Waals surface area (Å²) < 4.78 is 11.1. The molecule has 1 amide bonds. The Morgan fingerprint density at radius 1 is 1.15 bits per heavy atom. The van der Waals surface area contributed by atoms with Gasteiger partial charge in [-0.05, 0) is 19.4 Å². The van der Waals surface area contributed by atoms with Crippen molar-refractivity contribution in [1.82, 2.24) is 19.0 Å². The first-order valence-corrected chi connectivity index (χ1v) is 12.5. The predicted molar refractivity (Wildman–Crippen MR) is 136 cm³/mol. The number of thioether (sulfide) groups is 1. The van der Waals surface area contributed by atoms with Crippen LogP contribution in [0.5, 0.6) is 0 Å². The van der Waals surface area contributed by atoms with Gasteiger partial charge in [0.2, 0.25) is 5.89 Å². The SMILES string of the molecule is CCN1C(=O)/C(=c2\s/c(=C/c3nc4c(cc(-c5ccccc5)n4C)o3)c(=O)n2CC)SC1=S.